The Labute approximate surface area is 85.0 Å². The van der Waals surface area contributed by atoms with Crippen LogP contribution in [0.15, 0.2) is 0 Å². The Balaban J connectivity index is 2.82. The van der Waals surface area contributed by atoms with E-state index in [1.807, 2.05) is 27.7 Å². The van der Waals surface area contributed by atoms with Crippen molar-refractivity contribution >= 4 is 5.82 Å². The van der Waals surface area contributed by atoms with Crippen molar-refractivity contribution in [3.8, 4) is 0 Å². The SMILES string of the molecule is Cc1nc(C)c(NCC(C)N)nc1C. The minimum atomic E-state index is 0.123. The van der Waals surface area contributed by atoms with Crippen LogP contribution in [-0.4, -0.2) is 22.6 Å². The summed E-state index contributed by atoms with van der Waals surface area (Å²) in [5, 5.41) is 3.18. The summed E-state index contributed by atoms with van der Waals surface area (Å²) in [4.78, 5) is 8.80. The van der Waals surface area contributed by atoms with Gasteiger partial charge in [-0.05, 0) is 27.7 Å². The number of aryl methyl sites for hydroxylation is 3. The van der Waals surface area contributed by atoms with Crippen LogP contribution >= 0.6 is 0 Å². The smallest absolute Gasteiger partial charge is 0.147 e. The molecule has 14 heavy (non-hydrogen) atoms. The number of nitrogens with zero attached hydrogens (tertiary/aromatic N) is 2. The number of aromatic nitrogens is 2. The highest BCUT2D eigenvalue weighted by atomic mass is 15.0. The van der Waals surface area contributed by atoms with Crippen LogP contribution in [0.25, 0.3) is 0 Å². The standard InChI is InChI=1S/C10H18N4/c1-6(11)5-12-10-9(4)13-7(2)8(3)14-10/h6H,5,11H2,1-4H3,(H,12,14). The zero-order valence-electron chi connectivity index (χ0n) is 9.26. The number of anilines is 1. The first kappa shape index (κ1) is 10.9. The number of nitrogens with two attached hydrogens (primary N) is 1. The lowest BCUT2D eigenvalue weighted by Gasteiger charge is -2.11. The third-order valence-corrected chi connectivity index (χ3v) is 2.07. The van der Waals surface area contributed by atoms with Crippen LogP contribution < -0.4 is 11.1 Å². The Bertz CT molecular complexity index is 320. The molecule has 0 aliphatic carbocycles. The molecule has 0 saturated heterocycles. The molecule has 0 bridgehead atoms. The zero-order chi connectivity index (χ0) is 10.7. The molecule has 1 rings (SSSR count). The van der Waals surface area contributed by atoms with Crippen molar-refractivity contribution in [3.05, 3.63) is 17.1 Å². The van der Waals surface area contributed by atoms with E-state index in [1.165, 1.54) is 0 Å². The number of hydrogen-bond donors (Lipinski definition) is 2. The zero-order valence-corrected chi connectivity index (χ0v) is 9.26. The highest BCUT2D eigenvalue weighted by molar-refractivity contribution is 5.41. The van der Waals surface area contributed by atoms with E-state index in [-0.39, 0.29) is 6.04 Å². The van der Waals surface area contributed by atoms with Gasteiger partial charge in [-0.3, -0.25) is 4.98 Å². The van der Waals surface area contributed by atoms with Gasteiger partial charge in [0.1, 0.15) is 5.82 Å². The average Bonchev–Trinajstić information content (AvgIpc) is 2.09. The van der Waals surface area contributed by atoms with E-state index >= 15 is 0 Å². The van der Waals surface area contributed by atoms with Crippen molar-refractivity contribution < 1.29 is 0 Å². The summed E-state index contributed by atoms with van der Waals surface area (Å²) in [6.07, 6.45) is 0. The van der Waals surface area contributed by atoms with E-state index in [1.54, 1.807) is 0 Å². The lowest BCUT2D eigenvalue weighted by atomic mass is 10.3. The van der Waals surface area contributed by atoms with Crippen molar-refractivity contribution in [1.82, 2.24) is 9.97 Å². The van der Waals surface area contributed by atoms with Crippen LogP contribution in [0.1, 0.15) is 24.0 Å². The molecule has 3 N–H and O–H groups in total. The molecule has 0 radical (unpaired) electrons. The van der Waals surface area contributed by atoms with Gasteiger partial charge in [-0.1, -0.05) is 0 Å². The fourth-order valence-electron chi connectivity index (χ4n) is 1.14. The van der Waals surface area contributed by atoms with E-state index < -0.39 is 0 Å². The normalized spacial score (nSPS) is 12.6. The van der Waals surface area contributed by atoms with E-state index in [0.29, 0.717) is 0 Å². The number of nitrogens with one attached hydrogen (secondary N) is 1. The third-order valence-electron chi connectivity index (χ3n) is 2.07. The molecule has 4 heteroatoms. The topological polar surface area (TPSA) is 63.8 Å². The largest absolute Gasteiger partial charge is 0.367 e. The third kappa shape index (κ3) is 2.67. The van der Waals surface area contributed by atoms with Gasteiger partial charge in [-0.2, -0.15) is 0 Å². The predicted octanol–water partition coefficient (Wildman–Crippen LogP) is 1.16. The lowest BCUT2D eigenvalue weighted by molar-refractivity contribution is 0.774. The van der Waals surface area contributed by atoms with Gasteiger partial charge in [-0.15, -0.1) is 0 Å². The molecule has 0 aromatic carbocycles. The summed E-state index contributed by atoms with van der Waals surface area (Å²) >= 11 is 0. The molecule has 78 valence electrons. The van der Waals surface area contributed by atoms with E-state index in [4.69, 9.17) is 5.73 Å². The van der Waals surface area contributed by atoms with Crippen molar-refractivity contribution in [2.24, 2.45) is 5.73 Å². The Morgan fingerprint density at radius 2 is 1.71 bits per heavy atom. The Morgan fingerprint density at radius 1 is 1.14 bits per heavy atom. The van der Waals surface area contributed by atoms with Gasteiger partial charge in [0, 0.05) is 12.6 Å². The Hall–Kier alpha value is -1.16. The highest BCUT2D eigenvalue weighted by Gasteiger charge is 2.04. The minimum Gasteiger partial charge on any atom is -0.367 e. The molecule has 0 aliphatic rings. The molecule has 0 aliphatic heterocycles. The van der Waals surface area contributed by atoms with Gasteiger partial charge in [0.15, 0.2) is 0 Å². The monoisotopic (exact) mass is 194 g/mol. The summed E-state index contributed by atoms with van der Waals surface area (Å²) < 4.78 is 0. The molecule has 0 fully saturated rings. The summed E-state index contributed by atoms with van der Waals surface area (Å²) in [5.41, 5.74) is 8.51. The fraction of sp³-hybridized carbons (Fsp3) is 0.600. The van der Waals surface area contributed by atoms with Crippen molar-refractivity contribution in [2.45, 2.75) is 33.7 Å². The van der Waals surface area contributed by atoms with Gasteiger partial charge in [0.05, 0.1) is 17.1 Å². The minimum absolute atomic E-state index is 0.123. The predicted molar refractivity (Wildman–Crippen MR) is 58.4 cm³/mol. The molecule has 1 unspecified atom stereocenters. The van der Waals surface area contributed by atoms with Gasteiger partial charge >= 0.3 is 0 Å². The summed E-state index contributed by atoms with van der Waals surface area (Å²) in [6.45, 7) is 8.54. The van der Waals surface area contributed by atoms with Gasteiger partial charge in [-0.25, -0.2) is 4.98 Å². The first-order valence-electron chi connectivity index (χ1n) is 4.82. The molecule has 1 heterocycles. The second-order valence-electron chi connectivity index (χ2n) is 3.69. The summed E-state index contributed by atoms with van der Waals surface area (Å²) in [6, 6.07) is 0.123. The second kappa shape index (κ2) is 4.37. The molecule has 0 amide bonds. The van der Waals surface area contributed by atoms with E-state index in [2.05, 4.69) is 15.3 Å². The Kier molecular flexibility index (Phi) is 3.41. The van der Waals surface area contributed by atoms with Crippen molar-refractivity contribution in [1.29, 1.82) is 0 Å². The van der Waals surface area contributed by atoms with Gasteiger partial charge < -0.3 is 11.1 Å². The van der Waals surface area contributed by atoms with Crippen LogP contribution in [0.5, 0.6) is 0 Å². The maximum absolute atomic E-state index is 5.65. The Morgan fingerprint density at radius 3 is 2.29 bits per heavy atom. The van der Waals surface area contributed by atoms with E-state index in [0.717, 1.165) is 29.4 Å². The van der Waals surface area contributed by atoms with Crippen LogP contribution in [0, 0.1) is 20.8 Å². The van der Waals surface area contributed by atoms with Crippen LogP contribution in [0.4, 0.5) is 5.82 Å². The van der Waals surface area contributed by atoms with Crippen LogP contribution in [0.2, 0.25) is 0 Å². The molecular weight excluding hydrogens is 176 g/mol. The first-order chi connectivity index (χ1) is 6.50. The van der Waals surface area contributed by atoms with Crippen LogP contribution in [0.3, 0.4) is 0 Å². The summed E-state index contributed by atoms with van der Waals surface area (Å²) in [5.74, 6) is 0.838. The molecule has 1 aromatic rings. The molecule has 1 aromatic heterocycles. The molecule has 0 spiro atoms. The fourth-order valence-corrected chi connectivity index (χ4v) is 1.14. The highest BCUT2D eigenvalue weighted by Crippen LogP contribution is 2.11. The van der Waals surface area contributed by atoms with Gasteiger partial charge in [0.25, 0.3) is 0 Å². The molecule has 4 nitrogen and oxygen atoms in total. The number of rotatable bonds is 3. The maximum atomic E-state index is 5.65. The summed E-state index contributed by atoms with van der Waals surface area (Å²) in [7, 11) is 0. The second-order valence-corrected chi connectivity index (χ2v) is 3.69. The number of hydrogen-bond acceptors (Lipinski definition) is 4. The average molecular weight is 194 g/mol. The first-order valence-corrected chi connectivity index (χ1v) is 4.82. The lowest BCUT2D eigenvalue weighted by Crippen LogP contribution is -2.26. The van der Waals surface area contributed by atoms with Gasteiger partial charge in [0.2, 0.25) is 0 Å². The van der Waals surface area contributed by atoms with E-state index in [9.17, 15) is 0 Å². The quantitative estimate of drug-likeness (QED) is 0.758. The van der Waals surface area contributed by atoms with Crippen LogP contribution in [-0.2, 0) is 0 Å². The molecule has 1 atom stereocenters. The molecule has 0 saturated carbocycles. The molecular formula is C10H18N4. The van der Waals surface area contributed by atoms with Crippen molar-refractivity contribution in [3.63, 3.8) is 0 Å². The van der Waals surface area contributed by atoms with Crippen molar-refractivity contribution in [2.75, 3.05) is 11.9 Å². The maximum Gasteiger partial charge on any atom is 0.147 e.